The highest BCUT2D eigenvalue weighted by Gasteiger charge is 2.30. The van der Waals surface area contributed by atoms with Crippen molar-refractivity contribution in [2.24, 2.45) is 0 Å². The Morgan fingerprint density at radius 2 is 1.85 bits per heavy atom. The number of hydrogen-bond acceptors (Lipinski definition) is 5. The lowest BCUT2D eigenvalue weighted by atomic mass is 9.81. The summed E-state index contributed by atoms with van der Waals surface area (Å²) in [6, 6.07) is 18.6. The van der Waals surface area contributed by atoms with E-state index in [1.165, 1.54) is 67.0 Å². The number of rotatable bonds is 6. The molecule has 1 aliphatic heterocycles. The number of aromatic nitrogens is 2. The molecule has 0 atom stereocenters. The Kier molecular flexibility index (Phi) is 7.88. The largest absolute Gasteiger partial charge is 0.465 e. The molecule has 6 rings (SSSR count). The molecule has 0 N–H and O–H groups in total. The number of hydrogen-bond donors (Lipinski definition) is 0. The fourth-order valence-electron chi connectivity index (χ4n) is 6.70. The molecule has 0 saturated heterocycles. The molecule has 0 radical (unpaired) electrons. The number of benzene rings is 2. The Bertz CT molecular complexity index is 1560. The van der Waals surface area contributed by atoms with E-state index in [0.717, 1.165) is 24.2 Å². The van der Waals surface area contributed by atoms with Crippen LogP contribution in [0.1, 0.15) is 65.1 Å². The summed E-state index contributed by atoms with van der Waals surface area (Å²) in [5.74, 6) is 0.259. The standard InChI is InChI=1S/C34H38N4O3/c1-36(21-24-9-8-16-35-20-24)31(39)23-37-17-18-38-30-19-26(34(40)41-2)14-15-29(30)32(25-10-4-3-5-11-25)33(38)28-13-7-6-12-27(28)22-37/h6-9,12-16,19-20,25H,3-5,10-11,17-18,21-23H2,1-2H3. The van der Waals surface area contributed by atoms with Gasteiger partial charge in [0.25, 0.3) is 0 Å². The second kappa shape index (κ2) is 11.9. The van der Waals surface area contributed by atoms with Crippen LogP contribution in [0.3, 0.4) is 0 Å². The first kappa shape index (κ1) is 27.2. The van der Waals surface area contributed by atoms with Gasteiger partial charge in [-0.1, -0.05) is 55.7 Å². The average Bonchev–Trinajstić information content (AvgIpc) is 3.32. The monoisotopic (exact) mass is 550 g/mol. The molecule has 4 aromatic rings. The second-order valence-corrected chi connectivity index (χ2v) is 11.5. The minimum Gasteiger partial charge on any atom is -0.465 e. The lowest BCUT2D eigenvalue weighted by Gasteiger charge is -2.30. The van der Waals surface area contributed by atoms with E-state index in [1.54, 1.807) is 17.3 Å². The molecule has 2 aromatic carbocycles. The van der Waals surface area contributed by atoms with Crippen LogP contribution in [-0.2, 0) is 29.2 Å². The van der Waals surface area contributed by atoms with Crippen LogP contribution in [-0.4, -0.2) is 58.5 Å². The first-order valence-corrected chi connectivity index (χ1v) is 14.7. The molecule has 7 heteroatoms. The Hall–Kier alpha value is -3.97. The summed E-state index contributed by atoms with van der Waals surface area (Å²) in [6.07, 6.45) is 9.74. The van der Waals surface area contributed by atoms with Crippen LogP contribution in [0.25, 0.3) is 22.2 Å². The molecule has 3 heterocycles. The van der Waals surface area contributed by atoms with Crippen molar-refractivity contribution in [1.82, 2.24) is 19.4 Å². The Labute approximate surface area is 241 Å². The van der Waals surface area contributed by atoms with Crippen molar-refractivity contribution >= 4 is 22.8 Å². The van der Waals surface area contributed by atoms with Crippen LogP contribution in [0.2, 0.25) is 0 Å². The highest BCUT2D eigenvalue weighted by Crippen LogP contribution is 2.45. The van der Waals surface area contributed by atoms with Gasteiger partial charge in [-0.3, -0.25) is 14.7 Å². The molecular weight excluding hydrogens is 512 g/mol. The minimum absolute atomic E-state index is 0.0837. The molecule has 1 fully saturated rings. The summed E-state index contributed by atoms with van der Waals surface area (Å²) in [6.45, 7) is 3.04. The molecule has 0 bridgehead atoms. The first-order valence-electron chi connectivity index (χ1n) is 14.7. The fourth-order valence-corrected chi connectivity index (χ4v) is 6.70. The maximum absolute atomic E-state index is 13.4. The number of fused-ring (bicyclic) bond motifs is 5. The lowest BCUT2D eigenvalue weighted by Crippen LogP contribution is -2.39. The Morgan fingerprint density at radius 3 is 2.63 bits per heavy atom. The van der Waals surface area contributed by atoms with E-state index in [1.807, 2.05) is 31.3 Å². The van der Waals surface area contributed by atoms with Crippen LogP contribution < -0.4 is 0 Å². The van der Waals surface area contributed by atoms with E-state index in [2.05, 4.69) is 44.8 Å². The van der Waals surface area contributed by atoms with Crippen molar-refractivity contribution in [2.75, 3.05) is 27.2 Å². The van der Waals surface area contributed by atoms with Crippen LogP contribution >= 0.6 is 0 Å². The summed E-state index contributed by atoms with van der Waals surface area (Å²) in [4.78, 5) is 34.1. The normalized spacial score (nSPS) is 16.0. The van der Waals surface area contributed by atoms with Gasteiger partial charge in [-0.15, -0.1) is 0 Å². The molecule has 2 aliphatic rings. The van der Waals surface area contributed by atoms with Crippen molar-refractivity contribution in [3.8, 4) is 11.3 Å². The molecule has 7 nitrogen and oxygen atoms in total. The van der Waals surface area contributed by atoms with Crippen molar-refractivity contribution in [3.63, 3.8) is 0 Å². The molecule has 0 unspecified atom stereocenters. The number of carbonyl (C=O) groups is 2. The van der Waals surface area contributed by atoms with E-state index in [0.29, 0.717) is 31.1 Å². The molecule has 41 heavy (non-hydrogen) atoms. The van der Waals surface area contributed by atoms with Gasteiger partial charge in [0.1, 0.15) is 0 Å². The van der Waals surface area contributed by atoms with E-state index in [-0.39, 0.29) is 11.9 Å². The number of nitrogens with zero attached hydrogens (tertiary/aromatic N) is 4. The van der Waals surface area contributed by atoms with Gasteiger partial charge in [0.2, 0.25) is 5.91 Å². The van der Waals surface area contributed by atoms with E-state index < -0.39 is 0 Å². The molecule has 2 aromatic heterocycles. The molecular formula is C34H38N4O3. The van der Waals surface area contributed by atoms with E-state index in [9.17, 15) is 9.59 Å². The van der Waals surface area contributed by atoms with Gasteiger partial charge in [0, 0.05) is 62.1 Å². The highest BCUT2D eigenvalue weighted by atomic mass is 16.5. The first-order chi connectivity index (χ1) is 20.0. The summed E-state index contributed by atoms with van der Waals surface area (Å²) in [5, 5.41) is 1.23. The second-order valence-electron chi connectivity index (χ2n) is 11.5. The molecule has 212 valence electrons. The van der Waals surface area contributed by atoms with Crippen molar-refractivity contribution in [3.05, 3.63) is 89.2 Å². The Balaban J connectivity index is 1.39. The summed E-state index contributed by atoms with van der Waals surface area (Å²) in [7, 11) is 3.29. The number of ether oxygens (including phenoxy) is 1. The Morgan fingerprint density at radius 1 is 1.02 bits per heavy atom. The summed E-state index contributed by atoms with van der Waals surface area (Å²) in [5.41, 5.74) is 7.80. The zero-order chi connectivity index (χ0) is 28.3. The zero-order valence-electron chi connectivity index (χ0n) is 24.0. The molecule has 0 spiro atoms. The quantitative estimate of drug-likeness (QED) is 0.275. The predicted molar refractivity (Wildman–Crippen MR) is 161 cm³/mol. The predicted octanol–water partition coefficient (Wildman–Crippen LogP) is 6.01. The van der Waals surface area contributed by atoms with Crippen LogP contribution in [0, 0.1) is 0 Å². The third-order valence-electron chi connectivity index (χ3n) is 8.77. The minimum atomic E-state index is -0.322. The number of pyridine rings is 1. The highest BCUT2D eigenvalue weighted by molar-refractivity contribution is 5.99. The number of likely N-dealkylation sites (N-methyl/N-ethyl adjacent to an activating group) is 1. The third kappa shape index (κ3) is 5.51. The number of methoxy groups -OCH3 is 1. The van der Waals surface area contributed by atoms with Crippen LogP contribution in [0.4, 0.5) is 0 Å². The SMILES string of the molecule is COC(=O)c1ccc2c(C3CCCCC3)c3n(c2c1)CCN(CC(=O)N(C)Cc1cccnc1)Cc1ccccc1-3. The third-order valence-corrected chi connectivity index (χ3v) is 8.77. The number of amides is 1. The number of carbonyl (C=O) groups excluding carboxylic acids is 2. The molecule has 1 saturated carbocycles. The lowest BCUT2D eigenvalue weighted by molar-refractivity contribution is -0.131. The van der Waals surface area contributed by atoms with Crippen molar-refractivity contribution < 1.29 is 14.3 Å². The van der Waals surface area contributed by atoms with Crippen LogP contribution in [0.5, 0.6) is 0 Å². The van der Waals surface area contributed by atoms with Crippen LogP contribution in [0.15, 0.2) is 67.0 Å². The van der Waals surface area contributed by atoms with Gasteiger partial charge >= 0.3 is 5.97 Å². The maximum Gasteiger partial charge on any atom is 0.337 e. The maximum atomic E-state index is 13.4. The molecule has 1 amide bonds. The van der Waals surface area contributed by atoms with Gasteiger partial charge < -0.3 is 14.2 Å². The van der Waals surface area contributed by atoms with Gasteiger partial charge in [0.15, 0.2) is 0 Å². The summed E-state index contributed by atoms with van der Waals surface area (Å²) >= 11 is 0. The van der Waals surface area contributed by atoms with E-state index >= 15 is 0 Å². The number of esters is 1. The van der Waals surface area contributed by atoms with E-state index in [4.69, 9.17) is 4.74 Å². The van der Waals surface area contributed by atoms with Gasteiger partial charge in [-0.25, -0.2) is 4.79 Å². The van der Waals surface area contributed by atoms with Gasteiger partial charge in [-0.2, -0.15) is 0 Å². The van der Waals surface area contributed by atoms with Crippen molar-refractivity contribution in [2.45, 2.75) is 57.7 Å². The zero-order valence-corrected chi connectivity index (χ0v) is 24.0. The smallest absolute Gasteiger partial charge is 0.337 e. The van der Waals surface area contributed by atoms with Gasteiger partial charge in [0.05, 0.1) is 24.9 Å². The average molecular weight is 551 g/mol. The fraction of sp³-hybridized carbons (Fsp3) is 0.382. The summed E-state index contributed by atoms with van der Waals surface area (Å²) < 4.78 is 7.48. The van der Waals surface area contributed by atoms with Crippen molar-refractivity contribution in [1.29, 1.82) is 0 Å². The molecule has 1 aliphatic carbocycles. The van der Waals surface area contributed by atoms with Gasteiger partial charge in [-0.05, 0) is 53.6 Å². The topological polar surface area (TPSA) is 67.7 Å².